The van der Waals surface area contributed by atoms with Crippen LogP contribution in [0, 0.1) is 12.7 Å². The van der Waals surface area contributed by atoms with E-state index in [0.29, 0.717) is 17.2 Å². The van der Waals surface area contributed by atoms with Gasteiger partial charge in [0.05, 0.1) is 27.5 Å². The highest BCUT2D eigenvalue weighted by molar-refractivity contribution is 7.16. The van der Waals surface area contributed by atoms with Crippen molar-refractivity contribution >= 4 is 27.4 Å². The lowest BCUT2D eigenvalue weighted by atomic mass is 10.1. The molecule has 0 saturated carbocycles. The number of hydrogen-bond donors (Lipinski definition) is 2. The van der Waals surface area contributed by atoms with E-state index in [1.807, 2.05) is 37.6 Å². The molecule has 5 nitrogen and oxygen atoms in total. The lowest BCUT2D eigenvalue weighted by Gasteiger charge is -2.17. The van der Waals surface area contributed by atoms with E-state index in [4.69, 9.17) is 0 Å². The molecule has 0 amide bonds. The molecular formula is C20H17FN4OS. The molecule has 136 valence electrons. The molecule has 0 aliphatic heterocycles. The fourth-order valence-electron chi connectivity index (χ4n) is 2.97. The van der Waals surface area contributed by atoms with Gasteiger partial charge in [0.25, 0.3) is 0 Å². The number of aromatic nitrogens is 3. The summed E-state index contributed by atoms with van der Waals surface area (Å²) in [5.74, 6) is 0.854. The first-order valence-corrected chi connectivity index (χ1v) is 9.32. The van der Waals surface area contributed by atoms with Gasteiger partial charge in [0, 0.05) is 17.2 Å². The third kappa shape index (κ3) is 3.59. The number of anilines is 1. The van der Waals surface area contributed by atoms with Gasteiger partial charge in [0.15, 0.2) is 0 Å². The van der Waals surface area contributed by atoms with E-state index in [-0.39, 0.29) is 17.6 Å². The quantitative estimate of drug-likeness (QED) is 0.517. The molecule has 27 heavy (non-hydrogen) atoms. The van der Waals surface area contributed by atoms with Crippen LogP contribution in [0.2, 0.25) is 0 Å². The summed E-state index contributed by atoms with van der Waals surface area (Å²) >= 11 is 1.58. The van der Waals surface area contributed by atoms with Crippen molar-refractivity contribution in [1.82, 2.24) is 15.0 Å². The molecule has 0 spiro atoms. The molecule has 1 unspecified atom stereocenters. The van der Waals surface area contributed by atoms with Crippen molar-refractivity contribution in [3.05, 3.63) is 65.2 Å². The van der Waals surface area contributed by atoms with Gasteiger partial charge < -0.3 is 10.4 Å². The number of aromatic hydroxyl groups is 1. The van der Waals surface area contributed by atoms with E-state index in [2.05, 4.69) is 26.3 Å². The van der Waals surface area contributed by atoms with Gasteiger partial charge in [-0.3, -0.25) is 0 Å². The van der Waals surface area contributed by atoms with Crippen LogP contribution in [0.25, 0.3) is 21.5 Å². The van der Waals surface area contributed by atoms with Crippen LogP contribution in [0.5, 0.6) is 5.75 Å². The lowest BCUT2D eigenvalue weighted by molar-refractivity contribution is 0.470. The Labute approximate surface area is 159 Å². The molecule has 4 aromatic rings. The van der Waals surface area contributed by atoms with E-state index < -0.39 is 0 Å². The van der Waals surface area contributed by atoms with Crippen LogP contribution in [0.3, 0.4) is 0 Å². The van der Waals surface area contributed by atoms with Crippen molar-refractivity contribution in [2.75, 3.05) is 5.32 Å². The number of phenols is 1. The smallest absolute Gasteiger partial charge is 0.130 e. The molecule has 1 atom stereocenters. The summed E-state index contributed by atoms with van der Waals surface area (Å²) in [5.41, 5.74) is 4.90. The summed E-state index contributed by atoms with van der Waals surface area (Å²) < 4.78 is 15.2. The fraction of sp³-hybridized carbons (Fsp3) is 0.150. The molecule has 2 N–H and O–H groups in total. The van der Waals surface area contributed by atoms with Gasteiger partial charge >= 0.3 is 0 Å². The number of fused-ring (bicyclic) bond motifs is 1. The standard InChI is InChI=1S/C20H17FN4OS/c1-11(15-8-14(26)4-5-16(15)21)23-20-9-18(24-12(2)25-20)13-3-6-17-19(7-13)27-10-22-17/h3-11,26H,1-2H3,(H,23,24,25). The predicted molar refractivity (Wildman–Crippen MR) is 105 cm³/mol. The maximum absolute atomic E-state index is 14.1. The molecule has 4 rings (SSSR count). The number of aryl methyl sites for hydroxylation is 1. The average Bonchev–Trinajstić information content (AvgIpc) is 3.11. The zero-order valence-corrected chi connectivity index (χ0v) is 15.6. The Morgan fingerprint density at radius 3 is 2.81 bits per heavy atom. The number of nitrogens with one attached hydrogen (secondary N) is 1. The normalized spacial score (nSPS) is 12.3. The summed E-state index contributed by atoms with van der Waals surface area (Å²) in [6.45, 7) is 3.64. The second kappa shape index (κ2) is 6.92. The van der Waals surface area contributed by atoms with Crippen molar-refractivity contribution < 1.29 is 9.50 Å². The van der Waals surface area contributed by atoms with Gasteiger partial charge in [0.2, 0.25) is 0 Å². The highest BCUT2D eigenvalue weighted by atomic mass is 32.1. The lowest BCUT2D eigenvalue weighted by Crippen LogP contribution is -2.10. The molecule has 2 aromatic carbocycles. The van der Waals surface area contributed by atoms with E-state index in [0.717, 1.165) is 21.5 Å². The van der Waals surface area contributed by atoms with Gasteiger partial charge in [-0.25, -0.2) is 19.3 Å². The van der Waals surface area contributed by atoms with Crippen molar-refractivity contribution in [2.45, 2.75) is 19.9 Å². The van der Waals surface area contributed by atoms with Crippen LogP contribution in [0.15, 0.2) is 48.0 Å². The minimum Gasteiger partial charge on any atom is -0.508 e. The van der Waals surface area contributed by atoms with Crippen molar-refractivity contribution in [2.24, 2.45) is 0 Å². The van der Waals surface area contributed by atoms with Gasteiger partial charge in [-0.05, 0) is 44.2 Å². The topological polar surface area (TPSA) is 70.9 Å². The highest BCUT2D eigenvalue weighted by Gasteiger charge is 2.14. The third-order valence-corrected chi connectivity index (χ3v) is 5.07. The summed E-state index contributed by atoms with van der Waals surface area (Å²) in [6, 6.07) is 11.5. The minimum absolute atomic E-state index is 0.0254. The van der Waals surface area contributed by atoms with Crippen LogP contribution in [-0.4, -0.2) is 20.1 Å². The third-order valence-electron chi connectivity index (χ3n) is 4.28. The Balaban J connectivity index is 1.66. The summed E-state index contributed by atoms with van der Waals surface area (Å²) in [6.07, 6.45) is 0. The highest BCUT2D eigenvalue weighted by Crippen LogP contribution is 2.28. The van der Waals surface area contributed by atoms with Crippen LogP contribution < -0.4 is 5.32 Å². The van der Waals surface area contributed by atoms with Gasteiger partial charge in [-0.15, -0.1) is 11.3 Å². The second-order valence-corrected chi connectivity index (χ2v) is 7.18. The molecular weight excluding hydrogens is 363 g/mol. The zero-order chi connectivity index (χ0) is 19.0. The number of rotatable bonds is 4. The van der Waals surface area contributed by atoms with Gasteiger partial charge in [-0.2, -0.15) is 0 Å². The molecule has 2 heterocycles. The molecule has 0 fully saturated rings. The summed E-state index contributed by atoms with van der Waals surface area (Å²) in [5, 5.41) is 12.8. The first-order valence-electron chi connectivity index (χ1n) is 8.44. The maximum atomic E-state index is 14.1. The monoisotopic (exact) mass is 380 g/mol. The van der Waals surface area contributed by atoms with Crippen LogP contribution in [0.4, 0.5) is 10.2 Å². The molecule has 0 saturated heterocycles. The molecule has 0 radical (unpaired) electrons. The SMILES string of the molecule is Cc1nc(NC(C)c2cc(O)ccc2F)cc(-c2ccc3ncsc3c2)n1. The number of thiazole rings is 1. The Hall–Kier alpha value is -3.06. The first-order chi connectivity index (χ1) is 13.0. The number of phenolic OH excluding ortho intramolecular Hbond substituents is 1. The first kappa shape index (κ1) is 17.4. The average molecular weight is 380 g/mol. The van der Waals surface area contributed by atoms with E-state index in [9.17, 15) is 9.50 Å². The van der Waals surface area contributed by atoms with Gasteiger partial charge in [-0.1, -0.05) is 6.07 Å². The van der Waals surface area contributed by atoms with E-state index in [1.165, 1.54) is 18.2 Å². The van der Waals surface area contributed by atoms with Gasteiger partial charge in [0.1, 0.15) is 23.2 Å². The second-order valence-electron chi connectivity index (χ2n) is 6.29. The Bertz CT molecular complexity index is 1130. The number of nitrogens with zero attached hydrogens (tertiary/aromatic N) is 3. The van der Waals surface area contributed by atoms with Crippen LogP contribution >= 0.6 is 11.3 Å². The number of halogens is 1. The summed E-state index contributed by atoms with van der Waals surface area (Å²) in [7, 11) is 0. The maximum Gasteiger partial charge on any atom is 0.130 e. The van der Waals surface area contributed by atoms with Crippen LogP contribution in [-0.2, 0) is 0 Å². The number of benzene rings is 2. The molecule has 2 aromatic heterocycles. The molecule has 7 heteroatoms. The van der Waals surface area contributed by atoms with Crippen molar-refractivity contribution in [3.8, 4) is 17.0 Å². The largest absolute Gasteiger partial charge is 0.508 e. The zero-order valence-electron chi connectivity index (χ0n) is 14.8. The molecule has 0 aliphatic rings. The van der Waals surface area contributed by atoms with Crippen molar-refractivity contribution in [3.63, 3.8) is 0 Å². The fourth-order valence-corrected chi connectivity index (χ4v) is 3.68. The van der Waals surface area contributed by atoms with Crippen LogP contribution in [0.1, 0.15) is 24.4 Å². The predicted octanol–water partition coefficient (Wildman–Crippen LogP) is 5.08. The molecule has 0 bridgehead atoms. The molecule has 0 aliphatic carbocycles. The Morgan fingerprint density at radius 2 is 1.96 bits per heavy atom. The Morgan fingerprint density at radius 1 is 1.11 bits per heavy atom. The Kier molecular flexibility index (Phi) is 4.45. The van der Waals surface area contributed by atoms with E-state index >= 15 is 0 Å². The van der Waals surface area contributed by atoms with E-state index in [1.54, 1.807) is 11.3 Å². The van der Waals surface area contributed by atoms with Crippen molar-refractivity contribution in [1.29, 1.82) is 0 Å². The summed E-state index contributed by atoms with van der Waals surface area (Å²) in [4.78, 5) is 13.2. The minimum atomic E-state index is -0.380. The number of hydrogen-bond acceptors (Lipinski definition) is 6.